The van der Waals surface area contributed by atoms with Crippen LogP contribution in [0.1, 0.15) is 17.7 Å². The van der Waals surface area contributed by atoms with Crippen molar-refractivity contribution in [1.29, 1.82) is 0 Å². The number of nitrogens with one attached hydrogen (secondary N) is 1. The number of β-lactam (4-membered cyclic amide) rings is 1. The third-order valence-corrected chi connectivity index (χ3v) is 11.2. The number of oxime groups is 1. The van der Waals surface area contributed by atoms with Crippen LogP contribution in [0.4, 0.5) is 5.13 Å². The van der Waals surface area contributed by atoms with E-state index in [2.05, 4.69) is 65.0 Å². The number of anilines is 1. The maximum atomic E-state index is 13.2. The molecule has 0 spiro atoms. The van der Waals surface area contributed by atoms with Gasteiger partial charge in [0.05, 0.1) is 11.7 Å². The molecule has 20 heteroatoms. The SMILES string of the molecule is CON=C(C(=O)NC1C(=O)N2C(C(=O)[O-])=C(CSc3nnnn3CCCN3CCN(Cc4ccccc4)CC3)CS[C@H]12)c1csc(N)n1.[Na+]. The molecule has 3 aliphatic rings. The van der Waals surface area contributed by atoms with E-state index in [9.17, 15) is 19.5 Å². The normalized spacial score (nSPS) is 20.0. The van der Waals surface area contributed by atoms with Crippen LogP contribution >= 0.6 is 34.9 Å². The number of nitrogen functional groups attached to an aromatic ring is 1. The van der Waals surface area contributed by atoms with Gasteiger partial charge in [-0.15, -0.1) is 28.2 Å². The van der Waals surface area contributed by atoms with Gasteiger partial charge in [-0.2, -0.15) is 0 Å². The maximum absolute atomic E-state index is 13.2. The summed E-state index contributed by atoms with van der Waals surface area (Å²) in [6.07, 6.45) is 0.865. The number of amides is 2. The van der Waals surface area contributed by atoms with Gasteiger partial charge < -0.3 is 30.7 Å². The van der Waals surface area contributed by atoms with Gasteiger partial charge in [0.1, 0.15) is 24.2 Å². The number of nitrogens with zero attached hydrogens (tertiary/aromatic N) is 9. The van der Waals surface area contributed by atoms with Crippen molar-refractivity contribution in [1.82, 2.24) is 45.2 Å². The smallest absolute Gasteiger partial charge is 0.543 e. The Labute approximate surface area is 317 Å². The number of carboxylic acids is 1. The van der Waals surface area contributed by atoms with Crippen LogP contribution in [0.2, 0.25) is 0 Å². The van der Waals surface area contributed by atoms with Crippen LogP contribution in [0, 0.1) is 0 Å². The number of carbonyl (C=O) groups excluding carboxylic acids is 3. The first-order chi connectivity index (χ1) is 23.3. The number of benzene rings is 1. The summed E-state index contributed by atoms with van der Waals surface area (Å²) < 4.78 is 1.73. The Balaban J connectivity index is 0.00000468. The molecule has 3 N–H and O–H groups in total. The van der Waals surface area contributed by atoms with Gasteiger partial charge in [-0.05, 0) is 28.0 Å². The molecule has 254 valence electrons. The number of hydrogen-bond donors (Lipinski definition) is 2. The van der Waals surface area contributed by atoms with Crippen LogP contribution in [0.3, 0.4) is 0 Å². The number of fused-ring (bicyclic) bond motifs is 1. The number of tetrazole rings is 1. The molecule has 6 rings (SSSR count). The summed E-state index contributed by atoms with van der Waals surface area (Å²) in [6, 6.07) is 9.54. The summed E-state index contributed by atoms with van der Waals surface area (Å²) in [5.41, 5.74) is 7.39. The summed E-state index contributed by atoms with van der Waals surface area (Å²) in [6.45, 7) is 6.56. The fourth-order valence-electron chi connectivity index (χ4n) is 5.73. The first kappa shape index (κ1) is 37.2. The van der Waals surface area contributed by atoms with E-state index in [1.807, 2.05) is 6.07 Å². The molecule has 2 amide bonds. The van der Waals surface area contributed by atoms with Crippen LogP contribution in [-0.4, -0.2) is 126 Å². The number of aliphatic carboxylic acids is 1. The minimum Gasteiger partial charge on any atom is -0.543 e. The molecule has 1 aromatic carbocycles. The number of aryl methyl sites for hydroxylation is 1. The minimum atomic E-state index is -1.46. The van der Waals surface area contributed by atoms with E-state index >= 15 is 0 Å². The molecular weight excluding hydrogens is 702 g/mol. The number of thiazole rings is 1. The third kappa shape index (κ3) is 8.83. The summed E-state index contributed by atoms with van der Waals surface area (Å²) in [4.78, 5) is 53.4. The number of carboxylic acid groups (broad SMARTS) is 1. The number of nitrogens with two attached hydrogens (primary N) is 1. The molecule has 2 saturated heterocycles. The molecule has 0 radical (unpaired) electrons. The second kappa shape index (κ2) is 17.3. The molecule has 2 aromatic heterocycles. The predicted molar refractivity (Wildman–Crippen MR) is 178 cm³/mol. The van der Waals surface area contributed by atoms with Gasteiger partial charge in [0.2, 0.25) is 5.16 Å². The van der Waals surface area contributed by atoms with Crippen molar-refractivity contribution >= 4 is 63.5 Å². The average molecular weight is 736 g/mol. The fraction of sp³-hybridized carbons (Fsp3) is 0.448. The Bertz CT molecular complexity index is 1700. The van der Waals surface area contributed by atoms with Gasteiger partial charge in [-0.25, -0.2) is 9.67 Å². The van der Waals surface area contributed by atoms with Crippen molar-refractivity contribution in [2.24, 2.45) is 5.16 Å². The fourth-order valence-corrected chi connectivity index (χ4v) is 8.67. The van der Waals surface area contributed by atoms with Crippen molar-refractivity contribution < 1.29 is 53.9 Å². The molecule has 2 atom stereocenters. The summed E-state index contributed by atoms with van der Waals surface area (Å²) in [5, 5.41) is 32.5. The minimum absolute atomic E-state index is 0. The molecule has 0 bridgehead atoms. The summed E-state index contributed by atoms with van der Waals surface area (Å²) >= 11 is 3.78. The predicted octanol–water partition coefficient (Wildman–Crippen LogP) is -3.53. The zero-order chi connectivity index (χ0) is 33.6. The molecule has 2 fully saturated rings. The topological polar surface area (TPSA) is 200 Å². The molecular formula is C29H34N11NaO5S3. The van der Waals surface area contributed by atoms with Crippen LogP contribution in [-0.2, 0) is 32.3 Å². The van der Waals surface area contributed by atoms with E-state index in [-0.39, 0.29) is 57.5 Å². The van der Waals surface area contributed by atoms with Crippen LogP contribution in [0.15, 0.2) is 57.3 Å². The van der Waals surface area contributed by atoms with Gasteiger partial charge in [0.15, 0.2) is 10.8 Å². The molecule has 49 heavy (non-hydrogen) atoms. The Morgan fingerprint density at radius 3 is 2.61 bits per heavy atom. The monoisotopic (exact) mass is 735 g/mol. The Morgan fingerprint density at radius 1 is 1.16 bits per heavy atom. The van der Waals surface area contributed by atoms with Gasteiger partial charge in [0.25, 0.3) is 11.8 Å². The quantitative estimate of drug-likeness (QED) is 0.0543. The Kier molecular flexibility index (Phi) is 13.1. The molecule has 16 nitrogen and oxygen atoms in total. The zero-order valence-electron chi connectivity index (χ0n) is 27.1. The molecule has 3 aliphatic heterocycles. The summed E-state index contributed by atoms with van der Waals surface area (Å²) in [5.74, 6) is -2.15. The van der Waals surface area contributed by atoms with E-state index in [1.54, 1.807) is 10.1 Å². The van der Waals surface area contributed by atoms with Crippen LogP contribution < -0.4 is 45.7 Å². The first-order valence-corrected chi connectivity index (χ1v) is 18.1. The van der Waals surface area contributed by atoms with Crippen molar-refractivity contribution in [3.63, 3.8) is 0 Å². The van der Waals surface area contributed by atoms with E-state index in [0.717, 1.165) is 57.0 Å². The van der Waals surface area contributed by atoms with Crippen LogP contribution in [0.25, 0.3) is 0 Å². The molecule has 3 aromatic rings. The number of piperazine rings is 1. The number of thioether (sulfide) groups is 2. The molecule has 0 saturated carbocycles. The Hall–Kier alpha value is -3.04. The molecule has 5 heterocycles. The Morgan fingerprint density at radius 2 is 1.92 bits per heavy atom. The molecule has 0 aliphatic carbocycles. The maximum Gasteiger partial charge on any atom is 1.00 e. The van der Waals surface area contributed by atoms with Crippen molar-refractivity contribution in [2.45, 2.75) is 36.1 Å². The van der Waals surface area contributed by atoms with Gasteiger partial charge in [-0.3, -0.25) is 19.4 Å². The standard InChI is InChI=1S/C29H35N11O5S3.Na/c1-45-34-21(20-17-47-28(30)31-20)24(41)32-22-25(42)40-23(27(43)44)19(15-46-26(22)40)16-48-29-33-35-36-39(29)9-5-8-37-10-12-38(13-11-37)14-18-6-3-2-4-7-18;/h2-4,6-7,17,22,26H,5,8-16H2,1H3,(H2,30,31)(H,32,41)(H,43,44);/q;+1/p-1/t22?,26-;/m1./s1. The van der Waals surface area contributed by atoms with Gasteiger partial charge in [0, 0.05) is 62.7 Å². The zero-order valence-corrected chi connectivity index (χ0v) is 31.5. The summed E-state index contributed by atoms with van der Waals surface area (Å²) in [7, 11) is 1.28. The molecule has 1 unspecified atom stereocenters. The number of aromatic nitrogens is 5. The van der Waals surface area contributed by atoms with E-state index < -0.39 is 29.2 Å². The number of carbonyl (C=O) groups is 3. The first-order valence-electron chi connectivity index (χ1n) is 15.2. The van der Waals surface area contributed by atoms with Crippen molar-refractivity contribution in [3.05, 3.63) is 58.2 Å². The van der Waals surface area contributed by atoms with Gasteiger partial charge in [-0.1, -0.05) is 47.2 Å². The van der Waals surface area contributed by atoms with Crippen molar-refractivity contribution in [3.8, 4) is 0 Å². The average Bonchev–Trinajstić information content (AvgIpc) is 3.74. The third-order valence-electron chi connectivity index (χ3n) is 8.12. The van der Waals surface area contributed by atoms with E-state index in [1.165, 1.54) is 41.1 Å². The number of hydrogen-bond acceptors (Lipinski definition) is 16. The van der Waals surface area contributed by atoms with Crippen molar-refractivity contribution in [2.75, 3.05) is 57.1 Å². The number of rotatable bonds is 14. The van der Waals surface area contributed by atoms with Gasteiger partial charge >= 0.3 is 29.6 Å². The second-order valence-electron chi connectivity index (χ2n) is 11.2. The second-order valence-corrected chi connectivity index (χ2v) is 14.2. The van der Waals surface area contributed by atoms with E-state index in [0.29, 0.717) is 23.0 Å². The van der Waals surface area contributed by atoms with Crippen LogP contribution in [0.5, 0.6) is 0 Å². The largest absolute Gasteiger partial charge is 1.00 e. The van der Waals surface area contributed by atoms with E-state index in [4.69, 9.17) is 10.6 Å².